The first-order valence-electron chi connectivity index (χ1n) is 7.37. The van der Waals surface area contributed by atoms with Crippen molar-refractivity contribution in [3.8, 4) is 0 Å². The first-order chi connectivity index (χ1) is 9.21. The lowest BCUT2D eigenvalue weighted by atomic mass is 9.76. The molecule has 1 saturated carbocycles. The normalized spacial score (nSPS) is 24.2. The number of halogens is 1. The molecule has 2 aliphatic rings. The molecule has 0 bridgehead atoms. The maximum absolute atomic E-state index is 14.7. The molecule has 1 aliphatic heterocycles. The minimum atomic E-state index is -0.614. The summed E-state index contributed by atoms with van der Waals surface area (Å²) in [6, 6.07) is 3.81. The maximum Gasteiger partial charge on any atom is 0.497 e. The molecule has 108 valence electrons. The van der Waals surface area contributed by atoms with Gasteiger partial charge in [0.1, 0.15) is 5.82 Å². The number of hydrogen-bond donors (Lipinski definition) is 0. The van der Waals surface area contributed by atoms with Crippen LogP contribution in [0.4, 0.5) is 4.39 Å². The van der Waals surface area contributed by atoms with Crippen LogP contribution in [0.15, 0.2) is 12.1 Å². The summed E-state index contributed by atoms with van der Waals surface area (Å²) in [4.78, 5) is 0. The summed E-state index contributed by atoms with van der Waals surface area (Å²) in [5.41, 5.74) is 1.57. The Labute approximate surface area is 120 Å². The molecule has 1 heterocycles. The van der Waals surface area contributed by atoms with Crippen LogP contribution in [0.2, 0.25) is 0 Å². The van der Waals surface area contributed by atoms with Crippen molar-refractivity contribution in [3.05, 3.63) is 29.1 Å². The molecule has 0 amide bonds. The van der Waals surface area contributed by atoms with Gasteiger partial charge in [0.05, 0.1) is 11.2 Å². The predicted molar refractivity (Wildman–Crippen MR) is 78.8 cm³/mol. The fourth-order valence-electron chi connectivity index (χ4n) is 2.66. The molecule has 0 spiro atoms. The van der Waals surface area contributed by atoms with Gasteiger partial charge < -0.3 is 9.31 Å². The molecule has 20 heavy (non-hydrogen) atoms. The van der Waals surface area contributed by atoms with Gasteiger partial charge in [-0.1, -0.05) is 17.7 Å². The molecule has 0 aromatic heterocycles. The zero-order valence-corrected chi connectivity index (χ0v) is 12.9. The van der Waals surface area contributed by atoms with Crippen LogP contribution < -0.4 is 5.46 Å². The average Bonchev–Trinajstić information content (AvgIpc) is 3.10. The molecule has 0 atom stereocenters. The number of hydrogen-bond acceptors (Lipinski definition) is 2. The van der Waals surface area contributed by atoms with Crippen LogP contribution in [0.3, 0.4) is 0 Å². The minimum absolute atomic E-state index is 0.142. The Kier molecular flexibility index (Phi) is 3.04. The lowest BCUT2D eigenvalue weighted by Crippen LogP contribution is -2.41. The van der Waals surface area contributed by atoms with Gasteiger partial charge in [0.15, 0.2) is 0 Å². The smallest absolute Gasteiger partial charge is 0.399 e. The zero-order chi connectivity index (χ0) is 14.7. The van der Waals surface area contributed by atoms with Crippen LogP contribution in [-0.4, -0.2) is 18.3 Å². The Morgan fingerprint density at radius 2 is 1.65 bits per heavy atom. The monoisotopic (exact) mass is 276 g/mol. The molecule has 1 aromatic carbocycles. The molecule has 2 nitrogen and oxygen atoms in total. The summed E-state index contributed by atoms with van der Waals surface area (Å²) in [6.45, 7) is 9.95. The second-order valence-electron chi connectivity index (χ2n) is 7.12. The SMILES string of the molecule is Cc1cc(B2OC(C)(C)C(C)(C)O2)c(F)c(C2CC2)c1. The predicted octanol–water partition coefficient (Wildman–Crippen LogP) is 3.31. The quantitative estimate of drug-likeness (QED) is 0.771. The highest BCUT2D eigenvalue weighted by Crippen LogP contribution is 2.42. The van der Waals surface area contributed by atoms with Gasteiger partial charge in [-0.05, 0) is 58.9 Å². The highest BCUT2D eigenvalue weighted by molar-refractivity contribution is 6.62. The van der Waals surface area contributed by atoms with Gasteiger partial charge in [0.2, 0.25) is 0 Å². The summed E-state index contributed by atoms with van der Waals surface area (Å²) >= 11 is 0. The minimum Gasteiger partial charge on any atom is -0.399 e. The second kappa shape index (κ2) is 4.31. The first-order valence-corrected chi connectivity index (χ1v) is 7.37. The lowest BCUT2D eigenvalue weighted by Gasteiger charge is -2.32. The van der Waals surface area contributed by atoms with Crippen molar-refractivity contribution >= 4 is 12.6 Å². The number of aryl methyl sites for hydroxylation is 1. The Balaban J connectivity index is 1.99. The second-order valence-corrected chi connectivity index (χ2v) is 7.12. The third kappa shape index (κ3) is 2.19. The molecule has 1 aromatic rings. The van der Waals surface area contributed by atoms with Gasteiger partial charge in [0, 0.05) is 5.46 Å². The summed E-state index contributed by atoms with van der Waals surface area (Å²) in [7, 11) is -0.614. The van der Waals surface area contributed by atoms with E-state index in [1.165, 1.54) is 0 Å². The summed E-state index contributed by atoms with van der Waals surface area (Å²) in [6.07, 6.45) is 2.17. The molecule has 0 N–H and O–H groups in total. The van der Waals surface area contributed by atoms with E-state index >= 15 is 0 Å². The van der Waals surface area contributed by atoms with Crippen molar-refractivity contribution in [3.63, 3.8) is 0 Å². The van der Waals surface area contributed by atoms with Gasteiger partial charge in [-0.2, -0.15) is 0 Å². The maximum atomic E-state index is 14.7. The Morgan fingerprint density at radius 1 is 1.10 bits per heavy atom. The fourth-order valence-corrected chi connectivity index (χ4v) is 2.66. The lowest BCUT2D eigenvalue weighted by molar-refractivity contribution is 0.00578. The highest BCUT2D eigenvalue weighted by Gasteiger charge is 2.52. The van der Waals surface area contributed by atoms with Crippen LogP contribution in [0.25, 0.3) is 0 Å². The first kappa shape index (κ1) is 14.1. The Morgan fingerprint density at radius 3 is 2.15 bits per heavy atom. The largest absolute Gasteiger partial charge is 0.497 e. The van der Waals surface area contributed by atoms with Crippen LogP contribution in [0.1, 0.15) is 57.6 Å². The molecule has 1 aliphatic carbocycles. The van der Waals surface area contributed by atoms with E-state index in [1.54, 1.807) is 0 Å². The molecular weight excluding hydrogens is 254 g/mol. The van der Waals surface area contributed by atoms with E-state index in [4.69, 9.17) is 9.31 Å². The molecule has 2 fully saturated rings. The average molecular weight is 276 g/mol. The van der Waals surface area contributed by atoms with E-state index < -0.39 is 18.3 Å². The highest BCUT2D eigenvalue weighted by atomic mass is 19.1. The van der Waals surface area contributed by atoms with Gasteiger partial charge in [-0.3, -0.25) is 0 Å². The van der Waals surface area contributed by atoms with E-state index in [9.17, 15) is 4.39 Å². The van der Waals surface area contributed by atoms with Crippen molar-refractivity contribution in [1.29, 1.82) is 0 Å². The molecule has 4 heteroatoms. The Bertz CT molecular complexity index is 534. The van der Waals surface area contributed by atoms with E-state index in [0.29, 0.717) is 11.4 Å². The van der Waals surface area contributed by atoms with Crippen LogP contribution >= 0.6 is 0 Å². The van der Waals surface area contributed by atoms with Crippen molar-refractivity contribution in [2.75, 3.05) is 0 Å². The molecule has 0 radical (unpaired) electrons. The fraction of sp³-hybridized carbons (Fsp3) is 0.625. The summed E-state index contributed by atoms with van der Waals surface area (Å²) in [5.74, 6) is 0.243. The van der Waals surface area contributed by atoms with Gasteiger partial charge in [0.25, 0.3) is 0 Å². The van der Waals surface area contributed by atoms with Crippen LogP contribution in [0, 0.1) is 12.7 Å². The molecule has 1 saturated heterocycles. The zero-order valence-electron chi connectivity index (χ0n) is 12.9. The van der Waals surface area contributed by atoms with Crippen molar-refractivity contribution in [2.24, 2.45) is 0 Å². The van der Waals surface area contributed by atoms with Crippen molar-refractivity contribution in [2.45, 2.75) is 64.6 Å². The standard InChI is InChI=1S/C16H22BFO2/c1-10-8-12(11-6-7-11)14(18)13(9-10)17-19-15(2,3)16(4,5)20-17/h8-9,11H,6-7H2,1-5H3. The topological polar surface area (TPSA) is 18.5 Å². The number of benzene rings is 1. The third-order valence-corrected chi connectivity index (χ3v) is 4.80. The Hall–Kier alpha value is -0.865. The van der Waals surface area contributed by atoms with Crippen molar-refractivity contribution in [1.82, 2.24) is 0 Å². The molecular formula is C16H22BFO2. The summed E-state index contributed by atoms with van der Waals surface area (Å²) < 4.78 is 26.7. The van der Waals surface area contributed by atoms with E-state index in [1.807, 2.05) is 46.8 Å². The molecule has 0 unspecified atom stereocenters. The van der Waals surface area contributed by atoms with Crippen LogP contribution in [-0.2, 0) is 9.31 Å². The van der Waals surface area contributed by atoms with Gasteiger partial charge in [-0.15, -0.1) is 0 Å². The van der Waals surface area contributed by atoms with E-state index in [0.717, 1.165) is 24.0 Å². The van der Waals surface area contributed by atoms with E-state index in [-0.39, 0.29) is 5.82 Å². The molecule has 3 rings (SSSR count). The number of rotatable bonds is 2. The van der Waals surface area contributed by atoms with Crippen molar-refractivity contribution < 1.29 is 13.7 Å². The van der Waals surface area contributed by atoms with Crippen LogP contribution in [0.5, 0.6) is 0 Å². The van der Waals surface area contributed by atoms with E-state index in [2.05, 4.69) is 0 Å². The van der Waals surface area contributed by atoms with Gasteiger partial charge in [-0.25, -0.2) is 4.39 Å². The summed E-state index contributed by atoms with van der Waals surface area (Å²) in [5, 5.41) is 0. The third-order valence-electron chi connectivity index (χ3n) is 4.80. The van der Waals surface area contributed by atoms with Gasteiger partial charge >= 0.3 is 7.12 Å².